The predicted octanol–water partition coefficient (Wildman–Crippen LogP) is 2.41. The summed E-state index contributed by atoms with van der Waals surface area (Å²) in [4.78, 5) is 18.8. The van der Waals surface area contributed by atoms with Gasteiger partial charge in [0.05, 0.1) is 6.33 Å². The third-order valence-electron chi connectivity index (χ3n) is 4.13. The first-order valence-corrected chi connectivity index (χ1v) is 7.23. The molecular weight excluding hydrogens is 252 g/mol. The highest BCUT2D eigenvalue weighted by Gasteiger charge is 2.25. The number of fused-ring (bicyclic) bond motifs is 1. The van der Waals surface area contributed by atoms with E-state index in [9.17, 15) is 0 Å². The summed E-state index contributed by atoms with van der Waals surface area (Å²) in [5, 5.41) is 3.02. The highest BCUT2D eigenvalue weighted by atomic mass is 15.2. The molecule has 0 radical (unpaired) electrons. The fraction of sp³-hybridized carbons (Fsp3) is 0.643. The van der Waals surface area contributed by atoms with E-state index in [0.29, 0.717) is 11.4 Å². The lowest BCUT2D eigenvalue weighted by Crippen LogP contribution is -2.26. The van der Waals surface area contributed by atoms with Crippen LogP contribution in [0.1, 0.15) is 33.1 Å². The summed E-state index contributed by atoms with van der Waals surface area (Å²) in [6.45, 7) is 6.77. The Kier molecular flexibility index (Phi) is 3.23. The first-order chi connectivity index (χ1) is 9.59. The minimum absolute atomic E-state index is 0.417. The first-order valence-electron chi connectivity index (χ1n) is 7.23. The van der Waals surface area contributed by atoms with E-state index < -0.39 is 0 Å². The van der Waals surface area contributed by atoms with Crippen LogP contribution in [0.25, 0.3) is 11.2 Å². The standard InChI is InChI=1S/C14H22N6/c1-14(2)5-4-7-20(8-6-14)12-10-11(17-9-16-10)18-13(15-3)19-12/h9H,4-8H2,1-3H3,(H2,15,16,17,18,19). The van der Waals surface area contributed by atoms with Crippen LogP contribution in [0.5, 0.6) is 0 Å². The van der Waals surface area contributed by atoms with Crippen LogP contribution >= 0.6 is 0 Å². The molecule has 1 aliphatic heterocycles. The fourth-order valence-corrected chi connectivity index (χ4v) is 2.79. The van der Waals surface area contributed by atoms with Crippen molar-refractivity contribution in [3.05, 3.63) is 6.33 Å². The van der Waals surface area contributed by atoms with Gasteiger partial charge in [0.15, 0.2) is 11.5 Å². The molecule has 1 fully saturated rings. The molecule has 0 amide bonds. The van der Waals surface area contributed by atoms with Crippen molar-refractivity contribution in [1.82, 2.24) is 19.9 Å². The van der Waals surface area contributed by atoms with Gasteiger partial charge in [-0.2, -0.15) is 9.97 Å². The molecule has 0 unspecified atom stereocenters. The van der Waals surface area contributed by atoms with E-state index in [0.717, 1.165) is 30.1 Å². The molecular formula is C14H22N6. The van der Waals surface area contributed by atoms with Crippen molar-refractivity contribution in [3.8, 4) is 0 Å². The van der Waals surface area contributed by atoms with Crippen LogP contribution in [0.3, 0.4) is 0 Å². The number of imidazole rings is 1. The quantitative estimate of drug-likeness (QED) is 0.880. The number of H-pyrrole nitrogens is 1. The summed E-state index contributed by atoms with van der Waals surface area (Å²) in [7, 11) is 1.84. The van der Waals surface area contributed by atoms with Gasteiger partial charge in [0, 0.05) is 20.1 Å². The summed E-state index contributed by atoms with van der Waals surface area (Å²) in [6.07, 6.45) is 5.33. The number of hydrogen-bond acceptors (Lipinski definition) is 5. The second-order valence-corrected chi connectivity index (χ2v) is 6.23. The van der Waals surface area contributed by atoms with Gasteiger partial charge in [-0.05, 0) is 24.7 Å². The molecule has 6 nitrogen and oxygen atoms in total. The summed E-state index contributed by atoms with van der Waals surface area (Å²) < 4.78 is 0. The van der Waals surface area contributed by atoms with Crippen LogP contribution in [0.15, 0.2) is 6.33 Å². The molecule has 1 aliphatic rings. The predicted molar refractivity (Wildman–Crippen MR) is 81.1 cm³/mol. The van der Waals surface area contributed by atoms with E-state index in [1.165, 1.54) is 19.3 Å². The number of rotatable bonds is 2. The SMILES string of the molecule is CNc1nc(N2CCCC(C)(C)CC2)c2[nH]cnc2n1. The Hall–Kier alpha value is -1.85. The molecule has 0 bridgehead atoms. The molecule has 2 aromatic rings. The lowest BCUT2D eigenvalue weighted by molar-refractivity contribution is 0.325. The van der Waals surface area contributed by atoms with Crippen LogP contribution in [-0.2, 0) is 0 Å². The second kappa shape index (κ2) is 4.92. The fourth-order valence-electron chi connectivity index (χ4n) is 2.79. The summed E-state index contributed by atoms with van der Waals surface area (Å²) in [5.41, 5.74) is 2.08. The first kappa shape index (κ1) is 13.1. The Bertz CT molecular complexity index is 603. The van der Waals surface area contributed by atoms with Crippen molar-refractivity contribution in [2.24, 2.45) is 5.41 Å². The van der Waals surface area contributed by atoms with Gasteiger partial charge in [-0.25, -0.2) is 4.98 Å². The zero-order valence-electron chi connectivity index (χ0n) is 12.4. The summed E-state index contributed by atoms with van der Waals surface area (Å²) in [6, 6.07) is 0. The van der Waals surface area contributed by atoms with E-state index in [2.05, 4.69) is 44.0 Å². The third-order valence-corrected chi connectivity index (χ3v) is 4.13. The molecule has 3 rings (SSSR count). The Labute approximate surface area is 119 Å². The van der Waals surface area contributed by atoms with Crippen molar-refractivity contribution in [3.63, 3.8) is 0 Å². The summed E-state index contributed by atoms with van der Waals surface area (Å²) in [5.74, 6) is 1.60. The zero-order valence-corrected chi connectivity index (χ0v) is 12.4. The van der Waals surface area contributed by atoms with Crippen molar-refractivity contribution in [2.75, 3.05) is 30.4 Å². The molecule has 2 aromatic heterocycles. The van der Waals surface area contributed by atoms with Crippen molar-refractivity contribution in [1.29, 1.82) is 0 Å². The Morgan fingerprint density at radius 2 is 2.10 bits per heavy atom. The molecule has 108 valence electrons. The number of nitrogens with one attached hydrogen (secondary N) is 2. The zero-order chi connectivity index (χ0) is 14.2. The highest BCUT2D eigenvalue weighted by Crippen LogP contribution is 2.32. The smallest absolute Gasteiger partial charge is 0.226 e. The maximum Gasteiger partial charge on any atom is 0.226 e. The van der Waals surface area contributed by atoms with Crippen molar-refractivity contribution >= 4 is 22.9 Å². The van der Waals surface area contributed by atoms with Crippen LogP contribution in [-0.4, -0.2) is 40.1 Å². The molecule has 6 heteroatoms. The monoisotopic (exact) mass is 274 g/mol. The summed E-state index contributed by atoms with van der Waals surface area (Å²) >= 11 is 0. The maximum atomic E-state index is 4.64. The van der Waals surface area contributed by atoms with Gasteiger partial charge >= 0.3 is 0 Å². The molecule has 0 atom stereocenters. The van der Waals surface area contributed by atoms with Crippen LogP contribution in [0.4, 0.5) is 11.8 Å². The van der Waals surface area contributed by atoms with Gasteiger partial charge in [0.25, 0.3) is 0 Å². The van der Waals surface area contributed by atoms with Gasteiger partial charge in [0.1, 0.15) is 5.52 Å². The molecule has 0 aromatic carbocycles. The second-order valence-electron chi connectivity index (χ2n) is 6.23. The van der Waals surface area contributed by atoms with Gasteiger partial charge in [-0.3, -0.25) is 0 Å². The third kappa shape index (κ3) is 2.42. The molecule has 0 spiro atoms. The van der Waals surface area contributed by atoms with E-state index in [-0.39, 0.29) is 0 Å². The molecule has 1 saturated heterocycles. The van der Waals surface area contributed by atoms with Crippen molar-refractivity contribution in [2.45, 2.75) is 33.1 Å². The minimum atomic E-state index is 0.417. The van der Waals surface area contributed by atoms with Crippen LogP contribution in [0.2, 0.25) is 0 Å². The number of nitrogens with zero attached hydrogens (tertiary/aromatic N) is 4. The van der Waals surface area contributed by atoms with Crippen LogP contribution < -0.4 is 10.2 Å². The Morgan fingerprint density at radius 1 is 1.25 bits per heavy atom. The topological polar surface area (TPSA) is 69.7 Å². The lowest BCUT2D eigenvalue weighted by atomic mass is 9.85. The lowest BCUT2D eigenvalue weighted by Gasteiger charge is -2.24. The number of anilines is 2. The molecule has 20 heavy (non-hydrogen) atoms. The average Bonchev–Trinajstić information content (AvgIpc) is 2.82. The number of hydrogen-bond donors (Lipinski definition) is 2. The maximum absolute atomic E-state index is 4.64. The van der Waals surface area contributed by atoms with E-state index in [1.54, 1.807) is 6.33 Å². The molecule has 2 N–H and O–H groups in total. The van der Waals surface area contributed by atoms with Gasteiger partial charge in [-0.1, -0.05) is 13.8 Å². The molecule has 0 saturated carbocycles. The van der Waals surface area contributed by atoms with Gasteiger partial charge < -0.3 is 15.2 Å². The molecule has 0 aliphatic carbocycles. The minimum Gasteiger partial charge on any atom is -0.357 e. The average molecular weight is 274 g/mol. The largest absolute Gasteiger partial charge is 0.357 e. The number of aromatic amines is 1. The van der Waals surface area contributed by atoms with Crippen LogP contribution in [0, 0.1) is 5.41 Å². The molecule has 3 heterocycles. The van der Waals surface area contributed by atoms with E-state index in [4.69, 9.17) is 0 Å². The number of aromatic nitrogens is 4. The van der Waals surface area contributed by atoms with Crippen molar-refractivity contribution < 1.29 is 0 Å². The van der Waals surface area contributed by atoms with Gasteiger partial charge in [-0.15, -0.1) is 0 Å². The van der Waals surface area contributed by atoms with Gasteiger partial charge in [0.2, 0.25) is 5.95 Å². The highest BCUT2D eigenvalue weighted by molar-refractivity contribution is 5.84. The Balaban J connectivity index is 1.98. The van der Waals surface area contributed by atoms with E-state index in [1.807, 2.05) is 7.05 Å². The Morgan fingerprint density at radius 3 is 2.90 bits per heavy atom. The normalized spacial score (nSPS) is 19.1. The van der Waals surface area contributed by atoms with E-state index >= 15 is 0 Å².